The maximum atomic E-state index is 3.38. The monoisotopic (exact) mass is 858 g/mol. The minimum atomic E-state index is 0. The molecular weight excluding hydrogens is 832 g/mol. The second kappa shape index (κ2) is 15.6. The first-order chi connectivity index (χ1) is 17.2. The van der Waals surface area contributed by atoms with Crippen LogP contribution < -0.4 is 34.6 Å². The fraction of sp³-hybridized carbons (Fsp3) is 0.200. The number of hydrogen-bond acceptors (Lipinski definition) is 2. The Bertz CT molecular complexity index is 1230. The Balaban J connectivity index is 0.000000224. The normalized spacial score (nSPS) is 19.9. The van der Waals surface area contributed by atoms with Crippen LogP contribution in [0.2, 0.25) is 13.1 Å². The number of benzene rings is 2. The van der Waals surface area contributed by atoms with Crippen LogP contribution in [0, 0.1) is 12.2 Å². The predicted octanol–water partition coefficient (Wildman–Crippen LogP) is 2.47. The van der Waals surface area contributed by atoms with Crippen molar-refractivity contribution in [3.63, 3.8) is 0 Å². The van der Waals surface area contributed by atoms with Gasteiger partial charge in [-0.05, 0) is 24.3 Å². The molecule has 8 heteroatoms. The molecule has 0 saturated heterocycles. The molecule has 2 aromatic rings. The molecule has 0 bridgehead atoms. The summed E-state index contributed by atoms with van der Waals surface area (Å²) in [6.45, 7) is 8.81. The molecule has 2 nitrogen and oxygen atoms in total. The zero-order valence-electron chi connectivity index (χ0n) is 21.6. The van der Waals surface area contributed by atoms with Crippen molar-refractivity contribution in [2.24, 2.45) is 0 Å². The summed E-state index contributed by atoms with van der Waals surface area (Å²) in [5, 5.41) is 0. The molecule has 2 aliphatic heterocycles. The average Bonchev–Trinajstić information content (AvgIpc) is 3.52. The van der Waals surface area contributed by atoms with Crippen LogP contribution in [0.1, 0.15) is 13.8 Å². The van der Waals surface area contributed by atoms with Crippen LogP contribution in [-0.4, -0.2) is 13.5 Å². The first-order valence-electron chi connectivity index (χ1n) is 11.8. The van der Waals surface area contributed by atoms with Crippen LogP contribution in [0.5, 0.6) is 0 Å². The summed E-state index contributed by atoms with van der Waals surface area (Å²) < 4.78 is 0.781. The van der Waals surface area contributed by atoms with Crippen molar-refractivity contribution in [3.05, 3.63) is 131 Å². The van der Waals surface area contributed by atoms with E-state index in [9.17, 15) is 0 Å². The fourth-order valence-electron chi connectivity index (χ4n) is 4.27. The molecule has 0 saturated carbocycles. The van der Waals surface area contributed by atoms with Crippen molar-refractivity contribution < 1.29 is 48.1 Å². The van der Waals surface area contributed by atoms with Gasteiger partial charge in [0, 0.05) is 11.4 Å². The van der Waals surface area contributed by atoms with E-state index >= 15 is 0 Å². The van der Waals surface area contributed by atoms with Gasteiger partial charge in [0.15, 0.2) is 0 Å². The fourth-order valence-corrected chi connectivity index (χ4v) is 6.24. The van der Waals surface area contributed by atoms with Crippen LogP contribution in [0.3, 0.4) is 0 Å². The minimum Gasteiger partial charge on any atom is -1.00 e. The summed E-state index contributed by atoms with van der Waals surface area (Å²) in [4.78, 5) is 4.69. The van der Waals surface area contributed by atoms with Gasteiger partial charge in [-0.2, -0.15) is 0 Å². The molecule has 2 aromatic carbocycles. The third-order valence-corrected chi connectivity index (χ3v) is 7.44. The summed E-state index contributed by atoms with van der Waals surface area (Å²) in [6, 6.07) is 21.0. The van der Waals surface area contributed by atoms with Crippen molar-refractivity contribution in [2.75, 3.05) is 9.80 Å². The molecular formula is C30H28Cl2I2N2SiZr-2. The molecule has 196 valence electrons. The Hall–Kier alpha value is -0.380. The smallest absolute Gasteiger partial charge is 1.00 e. The van der Waals surface area contributed by atoms with Gasteiger partial charge < -0.3 is 34.6 Å². The zero-order valence-corrected chi connectivity index (χ0v) is 30.9. The third-order valence-electron chi connectivity index (χ3n) is 5.61. The van der Waals surface area contributed by atoms with Crippen LogP contribution in [0.4, 0.5) is 11.4 Å². The van der Waals surface area contributed by atoms with Gasteiger partial charge in [0.1, 0.15) is 0 Å². The Morgan fingerprint density at radius 2 is 1.00 bits per heavy atom. The van der Waals surface area contributed by atoms with Gasteiger partial charge in [-0.25, -0.2) is 0 Å². The Kier molecular flexibility index (Phi) is 13.9. The van der Waals surface area contributed by atoms with Crippen LogP contribution in [0.25, 0.3) is 0 Å². The van der Waals surface area contributed by atoms with E-state index in [1.807, 2.05) is 0 Å². The van der Waals surface area contributed by atoms with Crippen molar-refractivity contribution in [2.45, 2.75) is 35.0 Å². The number of para-hydroxylation sites is 2. The molecule has 4 aliphatic rings. The minimum absolute atomic E-state index is 0. The van der Waals surface area contributed by atoms with Crippen LogP contribution in [0.15, 0.2) is 119 Å². The van der Waals surface area contributed by atoms with Gasteiger partial charge >= 0.3 is 41.9 Å². The Labute approximate surface area is 282 Å². The molecule has 2 heterocycles. The second-order valence-electron chi connectivity index (χ2n) is 8.99. The Morgan fingerprint density at radius 1 is 0.684 bits per heavy atom. The third kappa shape index (κ3) is 8.32. The first kappa shape index (κ1) is 33.8. The molecule has 2 aliphatic carbocycles. The number of anilines is 2. The summed E-state index contributed by atoms with van der Waals surface area (Å²) in [5.41, 5.74) is 10.2. The molecule has 0 spiro atoms. The summed E-state index contributed by atoms with van der Waals surface area (Å²) in [6.07, 6.45) is 15.7. The number of nitrogens with zero attached hydrogens (tertiary/aromatic N) is 2. The van der Waals surface area contributed by atoms with Gasteiger partial charge in [0.05, 0.1) is 8.10 Å². The first-order valence-corrected chi connectivity index (χ1v) is 20.5. The molecule has 38 heavy (non-hydrogen) atoms. The van der Waals surface area contributed by atoms with Crippen molar-refractivity contribution in [1.29, 1.82) is 0 Å². The van der Waals surface area contributed by atoms with Gasteiger partial charge in [-0.3, -0.25) is 0 Å². The molecule has 2 atom stereocenters. The zero-order chi connectivity index (χ0) is 25.8. The van der Waals surface area contributed by atoms with Gasteiger partial charge in [-0.1, -0.05) is 107 Å². The maximum Gasteiger partial charge on any atom is -1.00 e. The molecule has 2 unspecified atom stereocenters. The summed E-state index contributed by atoms with van der Waals surface area (Å²) >= 11 is 6.64. The van der Waals surface area contributed by atoms with Gasteiger partial charge in [0.25, 0.3) is 0 Å². The van der Waals surface area contributed by atoms with Gasteiger partial charge in [0.2, 0.25) is 0 Å². The number of rotatable bonds is 2. The molecule has 0 fully saturated rings. The second-order valence-corrected chi connectivity index (χ2v) is 20.9. The van der Waals surface area contributed by atoms with E-state index in [1.165, 1.54) is 45.1 Å². The SMILES string of the molecule is CC1=[C-]C2=CC(I)N(c3ccccc3)C2=C1.CC1=[C-]C2=CC(I)N(c3ccccc3)C2=C1.C[Si](C)=[Zr+2].[Cl-].[Cl-]. The number of fused-ring (bicyclic) bond motifs is 2. The number of halogens is 4. The molecule has 0 amide bonds. The van der Waals surface area contributed by atoms with E-state index in [0.29, 0.717) is 8.10 Å². The largest absolute Gasteiger partial charge is 1.00 e. The number of allylic oxidation sites excluding steroid dienone is 6. The van der Waals surface area contributed by atoms with Crippen LogP contribution >= 0.6 is 45.2 Å². The maximum absolute atomic E-state index is 3.38. The number of hydrogen-bond donors (Lipinski definition) is 0. The molecule has 6 rings (SSSR count). The summed E-state index contributed by atoms with van der Waals surface area (Å²) in [5.74, 6) is 0. The van der Waals surface area contributed by atoms with Crippen LogP contribution in [-0.2, 0) is 23.3 Å². The standard InChI is InChI=1S/2C14H11IN.C2H6Si.2ClH.Zr/c2*1-10-7-11-9-14(15)16(13(11)8-10)12-5-3-2-4-6-12;1-3-2;;;/h2*2-6,8-9,14H,1H3;1-2H3;2*1H;/q2*-1;;;;+2/p-2. The van der Waals surface area contributed by atoms with E-state index in [2.05, 4.69) is 179 Å². The molecule has 0 aromatic heterocycles. The van der Waals surface area contributed by atoms with E-state index < -0.39 is 0 Å². The topological polar surface area (TPSA) is 6.48 Å². The van der Waals surface area contributed by atoms with E-state index in [0.717, 1.165) is 0 Å². The van der Waals surface area contributed by atoms with Gasteiger partial charge in [-0.15, -0.1) is 58.7 Å². The predicted molar refractivity (Wildman–Crippen MR) is 168 cm³/mol. The van der Waals surface area contributed by atoms with E-state index in [4.69, 9.17) is 0 Å². The average molecular weight is 861 g/mol. The van der Waals surface area contributed by atoms with Crippen molar-refractivity contribution >= 4 is 62.0 Å². The number of alkyl halides is 2. The Morgan fingerprint density at radius 3 is 1.32 bits per heavy atom. The van der Waals surface area contributed by atoms with Crippen molar-refractivity contribution in [1.82, 2.24) is 0 Å². The molecule has 0 N–H and O–H groups in total. The summed E-state index contributed by atoms with van der Waals surface area (Å²) in [7, 11) is 0. The van der Waals surface area contributed by atoms with E-state index in [-0.39, 0.29) is 30.2 Å². The van der Waals surface area contributed by atoms with E-state index in [1.54, 1.807) is 23.3 Å². The quantitative estimate of drug-likeness (QED) is 0.151. The molecule has 0 radical (unpaired) electrons. The van der Waals surface area contributed by atoms with Crippen molar-refractivity contribution in [3.8, 4) is 0 Å².